The van der Waals surface area contributed by atoms with Gasteiger partial charge in [0.2, 0.25) is 0 Å². The fourth-order valence-electron chi connectivity index (χ4n) is 3.45. The predicted molar refractivity (Wildman–Crippen MR) is 119 cm³/mol. The smallest absolute Gasteiger partial charge is 0.475 e. The summed E-state index contributed by atoms with van der Waals surface area (Å²) in [6, 6.07) is 2.23. The normalized spacial score (nSPS) is 16.9. The lowest BCUT2D eigenvalue weighted by atomic mass is 10.3. The van der Waals surface area contributed by atoms with Crippen molar-refractivity contribution >= 4 is 23.3 Å². The van der Waals surface area contributed by atoms with Crippen LogP contribution in [0.4, 0.5) is 26.3 Å². The summed E-state index contributed by atoms with van der Waals surface area (Å²) >= 11 is 1.78. The van der Waals surface area contributed by atoms with Crippen molar-refractivity contribution in [3.8, 4) is 0 Å². The van der Waals surface area contributed by atoms with Gasteiger partial charge in [0.1, 0.15) is 5.82 Å². The number of hydrogen-bond acceptors (Lipinski definition) is 7. The SMILES string of the molecule is O=C(O)C(F)(F)F.O=C(O)C(F)(F)F.c1cc(CN2CCc3ncc(CN4CCOCC4)n3CC2)cs1. The van der Waals surface area contributed by atoms with Crippen LogP contribution in [0.15, 0.2) is 23.0 Å². The second-order valence-corrected chi connectivity index (χ2v) is 8.75. The first-order valence-corrected chi connectivity index (χ1v) is 11.9. The van der Waals surface area contributed by atoms with Gasteiger partial charge in [0.05, 0.1) is 18.9 Å². The van der Waals surface area contributed by atoms with E-state index in [2.05, 4.69) is 37.4 Å². The monoisotopic (exact) mass is 560 g/mol. The van der Waals surface area contributed by atoms with E-state index in [1.54, 1.807) is 11.3 Å². The Labute approximate surface area is 211 Å². The van der Waals surface area contributed by atoms with Crippen molar-refractivity contribution in [2.75, 3.05) is 39.4 Å². The zero-order chi connectivity index (χ0) is 27.6. The number of thiophene rings is 1. The van der Waals surface area contributed by atoms with Gasteiger partial charge >= 0.3 is 24.3 Å². The number of alkyl halides is 6. The van der Waals surface area contributed by atoms with E-state index in [9.17, 15) is 26.3 Å². The van der Waals surface area contributed by atoms with Crippen molar-refractivity contribution in [3.05, 3.63) is 40.1 Å². The highest BCUT2D eigenvalue weighted by Crippen LogP contribution is 2.17. The van der Waals surface area contributed by atoms with Crippen LogP contribution in [-0.2, 0) is 40.4 Å². The van der Waals surface area contributed by atoms with Crippen LogP contribution in [0.1, 0.15) is 17.1 Å². The average molecular weight is 561 g/mol. The van der Waals surface area contributed by atoms with E-state index in [4.69, 9.17) is 29.5 Å². The fourth-order valence-corrected chi connectivity index (χ4v) is 4.11. The number of fused-ring (bicyclic) bond motifs is 1. The Kier molecular flexibility index (Phi) is 11.3. The molecule has 9 nitrogen and oxygen atoms in total. The van der Waals surface area contributed by atoms with Crippen LogP contribution in [0.25, 0.3) is 0 Å². The van der Waals surface area contributed by atoms with Crippen molar-refractivity contribution < 1.29 is 50.9 Å². The minimum atomic E-state index is -5.08. The number of carbonyl (C=O) groups is 2. The summed E-state index contributed by atoms with van der Waals surface area (Å²) in [6.07, 6.45) is -7.04. The van der Waals surface area contributed by atoms with Crippen LogP contribution in [0.5, 0.6) is 0 Å². The maximum absolute atomic E-state index is 10.6. The molecule has 0 radical (unpaired) electrons. The van der Waals surface area contributed by atoms with Crippen LogP contribution in [0, 0.1) is 0 Å². The summed E-state index contributed by atoms with van der Waals surface area (Å²) in [5.41, 5.74) is 2.79. The number of rotatable bonds is 4. The number of halogens is 6. The maximum atomic E-state index is 10.6. The van der Waals surface area contributed by atoms with Gasteiger partial charge in [0, 0.05) is 58.4 Å². The molecule has 0 amide bonds. The lowest BCUT2D eigenvalue weighted by molar-refractivity contribution is -0.193. The maximum Gasteiger partial charge on any atom is 0.490 e. The minimum Gasteiger partial charge on any atom is -0.475 e. The Bertz CT molecular complexity index is 967. The molecule has 2 N–H and O–H groups in total. The van der Waals surface area contributed by atoms with Gasteiger partial charge in [-0.2, -0.15) is 37.7 Å². The van der Waals surface area contributed by atoms with E-state index < -0.39 is 24.3 Å². The van der Waals surface area contributed by atoms with Crippen LogP contribution in [0.3, 0.4) is 0 Å². The van der Waals surface area contributed by atoms with Crippen LogP contribution in [-0.4, -0.2) is 93.2 Å². The third kappa shape index (κ3) is 10.7. The van der Waals surface area contributed by atoms with Gasteiger partial charge in [-0.1, -0.05) is 0 Å². The molecule has 2 aliphatic heterocycles. The van der Waals surface area contributed by atoms with E-state index in [0.29, 0.717) is 0 Å². The fraction of sp³-hybridized carbons (Fsp3) is 0.571. The van der Waals surface area contributed by atoms with E-state index in [1.807, 2.05) is 0 Å². The van der Waals surface area contributed by atoms with Crippen molar-refractivity contribution in [1.82, 2.24) is 19.4 Å². The topological polar surface area (TPSA) is 108 Å². The predicted octanol–water partition coefficient (Wildman–Crippen LogP) is 3.10. The van der Waals surface area contributed by atoms with Crippen LogP contribution < -0.4 is 0 Å². The number of hydrogen-bond donors (Lipinski definition) is 2. The number of carboxylic acids is 2. The van der Waals surface area contributed by atoms with Gasteiger partial charge in [0.25, 0.3) is 0 Å². The lowest BCUT2D eigenvalue weighted by Gasteiger charge is -2.27. The highest BCUT2D eigenvalue weighted by molar-refractivity contribution is 7.07. The molecule has 16 heteroatoms. The van der Waals surface area contributed by atoms with Crippen LogP contribution >= 0.6 is 11.3 Å². The van der Waals surface area contributed by atoms with Gasteiger partial charge in [-0.15, -0.1) is 0 Å². The Morgan fingerprint density at radius 2 is 1.49 bits per heavy atom. The van der Waals surface area contributed by atoms with Gasteiger partial charge in [-0.05, 0) is 22.4 Å². The molecule has 4 rings (SSSR count). The summed E-state index contributed by atoms with van der Waals surface area (Å²) in [4.78, 5) is 27.5. The van der Waals surface area contributed by atoms with Gasteiger partial charge in [0.15, 0.2) is 0 Å². The second-order valence-electron chi connectivity index (χ2n) is 7.97. The van der Waals surface area contributed by atoms with Gasteiger partial charge in [-0.3, -0.25) is 9.80 Å². The molecule has 0 unspecified atom stereocenters. The summed E-state index contributed by atoms with van der Waals surface area (Å²) < 4.78 is 71.4. The van der Waals surface area contributed by atoms with Crippen molar-refractivity contribution in [2.45, 2.75) is 38.4 Å². The largest absolute Gasteiger partial charge is 0.490 e. The molecule has 0 aromatic carbocycles. The molecule has 0 aliphatic carbocycles. The Morgan fingerprint density at radius 1 is 0.919 bits per heavy atom. The summed E-state index contributed by atoms with van der Waals surface area (Å²) in [7, 11) is 0. The average Bonchev–Trinajstić information content (AvgIpc) is 3.41. The Morgan fingerprint density at radius 3 is 2.00 bits per heavy atom. The Hall–Kier alpha value is -2.69. The molecular formula is C21H26F6N4O5S. The van der Waals surface area contributed by atoms with Crippen LogP contribution in [0.2, 0.25) is 0 Å². The second kappa shape index (κ2) is 13.7. The number of ether oxygens (including phenoxy) is 1. The molecule has 1 saturated heterocycles. The van der Waals surface area contributed by atoms with Gasteiger partial charge in [-0.25, -0.2) is 14.6 Å². The van der Waals surface area contributed by atoms with Gasteiger partial charge < -0.3 is 19.5 Å². The molecular weight excluding hydrogens is 534 g/mol. The molecule has 0 bridgehead atoms. The number of nitrogens with zero attached hydrogens (tertiary/aromatic N) is 4. The van der Waals surface area contributed by atoms with E-state index in [1.165, 1.54) is 17.1 Å². The first kappa shape index (κ1) is 30.5. The minimum absolute atomic E-state index is 0.857. The highest BCUT2D eigenvalue weighted by Gasteiger charge is 2.38. The molecule has 4 heterocycles. The number of morpholine rings is 1. The highest BCUT2D eigenvalue weighted by atomic mass is 32.1. The van der Waals surface area contributed by atoms with Crippen molar-refractivity contribution in [2.24, 2.45) is 0 Å². The molecule has 0 atom stereocenters. The van der Waals surface area contributed by atoms with E-state index >= 15 is 0 Å². The molecule has 1 fully saturated rings. The third-order valence-corrected chi connectivity index (χ3v) is 6.00. The zero-order valence-electron chi connectivity index (χ0n) is 19.5. The molecule has 2 aliphatic rings. The molecule has 2 aromatic rings. The summed E-state index contributed by atoms with van der Waals surface area (Å²) in [5, 5.41) is 18.7. The summed E-state index contributed by atoms with van der Waals surface area (Å²) in [5.74, 6) is -4.26. The molecule has 2 aromatic heterocycles. The molecule has 0 spiro atoms. The number of aliphatic carboxylic acids is 2. The standard InChI is InChI=1S/C17H24N4OS.2C2HF3O2/c1-3-19(12-15-2-10-23-14-15)4-5-21-16(11-18-17(1)21)13-20-6-8-22-9-7-20;2*3-2(4,5)1(6)7/h2,10-11,14H,1,3-9,12-13H2;2*(H,6,7). The van der Waals surface area contributed by atoms with E-state index in [-0.39, 0.29) is 0 Å². The number of imidazole rings is 1. The summed E-state index contributed by atoms with van der Waals surface area (Å²) in [6.45, 7) is 9.10. The third-order valence-electron chi connectivity index (χ3n) is 5.27. The quantitative estimate of drug-likeness (QED) is 0.550. The zero-order valence-corrected chi connectivity index (χ0v) is 20.3. The number of carboxylic acid groups (broad SMARTS) is 2. The van der Waals surface area contributed by atoms with Crippen molar-refractivity contribution in [3.63, 3.8) is 0 Å². The molecule has 208 valence electrons. The Balaban J connectivity index is 0.000000286. The van der Waals surface area contributed by atoms with Crippen molar-refractivity contribution in [1.29, 1.82) is 0 Å². The molecule has 0 saturated carbocycles. The molecule has 37 heavy (non-hydrogen) atoms. The number of aromatic nitrogens is 2. The first-order valence-electron chi connectivity index (χ1n) is 10.9. The first-order chi connectivity index (χ1) is 17.3. The lowest BCUT2D eigenvalue weighted by Crippen LogP contribution is -2.36. The van der Waals surface area contributed by atoms with E-state index in [0.717, 1.165) is 65.4 Å².